The van der Waals surface area contributed by atoms with Crippen molar-refractivity contribution in [3.63, 3.8) is 0 Å². The van der Waals surface area contributed by atoms with Crippen LogP contribution in [0.25, 0.3) is 0 Å². The van der Waals surface area contributed by atoms with Crippen molar-refractivity contribution >= 4 is 11.6 Å². The van der Waals surface area contributed by atoms with Crippen LogP contribution in [0.4, 0.5) is 5.69 Å². The Kier molecular flexibility index (Phi) is 3.87. The Bertz CT molecular complexity index is 424. The van der Waals surface area contributed by atoms with Crippen molar-refractivity contribution in [1.29, 1.82) is 0 Å². The van der Waals surface area contributed by atoms with E-state index < -0.39 is 0 Å². The van der Waals surface area contributed by atoms with Crippen LogP contribution in [-0.4, -0.2) is 38.6 Å². The average molecular weight is 247 g/mol. The number of likely N-dealkylation sites (N-methyl/N-ethyl adjacent to an activating group) is 1. The van der Waals surface area contributed by atoms with E-state index in [1.54, 1.807) is 0 Å². The summed E-state index contributed by atoms with van der Waals surface area (Å²) in [4.78, 5) is 14.2. The fourth-order valence-electron chi connectivity index (χ4n) is 2.64. The van der Waals surface area contributed by atoms with Crippen LogP contribution in [0.2, 0.25) is 0 Å². The maximum atomic E-state index is 12.0. The zero-order valence-corrected chi connectivity index (χ0v) is 11.3. The molecule has 0 spiro atoms. The minimum absolute atomic E-state index is 0.109. The van der Waals surface area contributed by atoms with E-state index in [2.05, 4.69) is 47.6 Å². The first kappa shape index (κ1) is 12.9. The molecule has 0 saturated carbocycles. The van der Waals surface area contributed by atoms with Gasteiger partial charge in [-0.3, -0.25) is 4.79 Å². The molecule has 0 aliphatic carbocycles. The van der Waals surface area contributed by atoms with Crippen LogP contribution in [0.15, 0.2) is 18.2 Å². The van der Waals surface area contributed by atoms with Gasteiger partial charge >= 0.3 is 0 Å². The van der Waals surface area contributed by atoms with Crippen LogP contribution in [0, 0.1) is 13.8 Å². The van der Waals surface area contributed by atoms with Crippen LogP contribution in [-0.2, 0) is 4.79 Å². The number of amides is 1. The summed E-state index contributed by atoms with van der Waals surface area (Å²) in [6.45, 7) is 6.45. The standard InChI is InChI=1S/C14H21N3O/c1-10-5-4-6-11(2)13(10)17-8-7-16-14(18)12(17)9-15-3/h4-6,12,15H,7-9H2,1-3H3,(H,16,18). The lowest BCUT2D eigenvalue weighted by molar-refractivity contribution is -0.123. The third-order valence-corrected chi connectivity index (χ3v) is 3.45. The molecular weight excluding hydrogens is 226 g/mol. The molecule has 4 nitrogen and oxygen atoms in total. The first-order valence-corrected chi connectivity index (χ1v) is 6.40. The van der Waals surface area contributed by atoms with Crippen molar-refractivity contribution in [2.24, 2.45) is 0 Å². The van der Waals surface area contributed by atoms with Crippen molar-refractivity contribution < 1.29 is 4.79 Å². The van der Waals surface area contributed by atoms with Gasteiger partial charge in [0.05, 0.1) is 0 Å². The number of rotatable bonds is 3. The Balaban J connectivity index is 2.37. The monoisotopic (exact) mass is 247 g/mol. The highest BCUT2D eigenvalue weighted by atomic mass is 16.2. The third kappa shape index (κ3) is 2.34. The lowest BCUT2D eigenvalue weighted by Crippen LogP contribution is -2.59. The molecule has 1 atom stereocenters. The van der Waals surface area contributed by atoms with E-state index in [9.17, 15) is 4.79 Å². The maximum Gasteiger partial charge on any atom is 0.244 e. The molecular formula is C14H21N3O. The predicted molar refractivity (Wildman–Crippen MR) is 74.0 cm³/mol. The van der Waals surface area contributed by atoms with Gasteiger partial charge in [0.25, 0.3) is 0 Å². The molecule has 1 amide bonds. The fraction of sp³-hybridized carbons (Fsp3) is 0.500. The molecule has 1 saturated heterocycles. The van der Waals surface area contributed by atoms with Gasteiger partial charge in [0.1, 0.15) is 6.04 Å². The van der Waals surface area contributed by atoms with Crippen molar-refractivity contribution in [3.05, 3.63) is 29.3 Å². The number of benzene rings is 1. The van der Waals surface area contributed by atoms with Crippen molar-refractivity contribution in [2.45, 2.75) is 19.9 Å². The van der Waals surface area contributed by atoms with E-state index in [0.717, 1.165) is 6.54 Å². The van der Waals surface area contributed by atoms with Gasteiger partial charge in [-0.2, -0.15) is 0 Å². The molecule has 1 aromatic carbocycles. The number of aryl methyl sites for hydroxylation is 2. The Labute approximate surface area is 108 Å². The van der Waals surface area contributed by atoms with Crippen LogP contribution in [0.3, 0.4) is 0 Å². The van der Waals surface area contributed by atoms with Crippen LogP contribution in [0.5, 0.6) is 0 Å². The molecule has 4 heteroatoms. The highest BCUT2D eigenvalue weighted by molar-refractivity contribution is 5.87. The maximum absolute atomic E-state index is 12.0. The number of para-hydroxylation sites is 1. The summed E-state index contributed by atoms with van der Waals surface area (Å²) in [5.74, 6) is 0.109. The van der Waals surface area contributed by atoms with E-state index in [1.165, 1.54) is 16.8 Å². The molecule has 1 aliphatic heterocycles. The molecule has 0 aromatic heterocycles. The normalized spacial score (nSPS) is 19.8. The van der Waals surface area contributed by atoms with Gasteiger partial charge in [-0.25, -0.2) is 0 Å². The Morgan fingerprint density at radius 3 is 2.67 bits per heavy atom. The van der Waals surface area contributed by atoms with Crippen molar-refractivity contribution in [1.82, 2.24) is 10.6 Å². The largest absolute Gasteiger partial charge is 0.356 e. The SMILES string of the molecule is CNCC1C(=O)NCCN1c1c(C)cccc1C. The second kappa shape index (κ2) is 5.40. The molecule has 1 fully saturated rings. The highest BCUT2D eigenvalue weighted by Gasteiger charge is 2.30. The number of nitrogens with zero attached hydrogens (tertiary/aromatic N) is 1. The van der Waals surface area contributed by atoms with Crippen molar-refractivity contribution in [2.75, 3.05) is 31.6 Å². The number of hydrogen-bond acceptors (Lipinski definition) is 3. The Hall–Kier alpha value is -1.55. The molecule has 1 heterocycles. The number of nitrogens with one attached hydrogen (secondary N) is 2. The van der Waals surface area contributed by atoms with Crippen LogP contribution in [0.1, 0.15) is 11.1 Å². The minimum atomic E-state index is -0.122. The Morgan fingerprint density at radius 2 is 2.06 bits per heavy atom. The summed E-state index contributed by atoms with van der Waals surface area (Å²) in [7, 11) is 1.88. The average Bonchev–Trinajstić information content (AvgIpc) is 2.33. The first-order valence-electron chi connectivity index (χ1n) is 6.40. The number of piperazine rings is 1. The van der Waals surface area contributed by atoms with E-state index >= 15 is 0 Å². The second-order valence-electron chi connectivity index (χ2n) is 4.80. The van der Waals surface area contributed by atoms with Gasteiger partial charge in [0.2, 0.25) is 5.91 Å². The summed E-state index contributed by atoms with van der Waals surface area (Å²) in [6, 6.07) is 6.14. The van der Waals surface area contributed by atoms with Gasteiger partial charge in [0, 0.05) is 25.3 Å². The summed E-state index contributed by atoms with van der Waals surface area (Å²) >= 11 is 0. The second-order valence-corrected chi connectivity index (χ2v) is 4.80. The molecule has 0 radical (unpaired) electrons. The topological polar surface area (TPSA) is 44.4 Å². The lowest BCUT2D eigenvalue weighted by atomic mass is 10.0. The summed E-state index contributed by atoms with van der Waals surface area (Å²) in [5.41, 5.74) is 3.66. The van der Waals surface area contributed by atoms with Crippen molar-refractivity contribution in [3.8, 4) is 0 Å². The van der Waals surface area contributed by atoms with E-state index in [0.29, 0.717) is 13.1 Å². The van der Waals surface area contributed by atoms with Gasteiger partial charge in [0.15, 0.2) is 0 Å². The van der Waals surface area contributed by atoms with Gasteiger partial charge in [-0.1, -0.05) is 18.2 Å². The van der Waals surface area contributed by atoms with E-state index in [1.807, 2.05) is 7.05 Å². The zero-order chi connectivity index (χ0) is 13.1. The number of anilines is 1. The molecule has 1 aromatic rings. The van der Waals surface area contributed by atoms with Crippen LogP contribution < -0.4 is 15.5 Å². The number of carbonyl (C=O) groups is 1. The fourth-order valence-corrected chi connectivity index (χ4v) is 2.64. The van der Waals surface area contributed by atoms with E-state index in [-0.39, 0.29) is 11.9 Å². The number of hydrogen-bond donors (Lipinski definition) is 2. The van der Waals surface area contributed by atoms with Gasteiger partial charge in [-0.15, -0.1) is 0 Å². The quantitative estimate of drug-likeness (QED) is 0.831. The highest BCUT2D eigenvalue weighted by Crippen LogP contribution is 2.27. The summed E-state index contributed by atoms with van der Waals surface area (Å²) in [5, 5.41) is 6.04. The Morgan fingerprint density at radius 1 is 1.39 bits per heavy atom. The molecule has 1 unspecified atom stereocenters. The number of carbonyl (C=O) groups excluding carboxylic acids is 1. The zero-order valence-electron chi connectivity index (χ0n) is 11.3. The van der Waals surface area contributed by atoms with Crippen LogP contribution >= 0.6 is 0 Å². The minimum Gasteiger partial charge on any atom is -0.356 e. The molecule has 98 valence electrons. The molecule has 0 bridgehead atoms. The molecule has 18 heavy (non-hydrogen) atoms. The van der Waals surface area contributed by atoms with Gasteiger partial charge < -0.3 is 15.5 Å². The first-order chi connectivity index (χ1) is 8.65. The molecule has 2 N–H and O–H groups in total. The smallest absolute Gasteiger partial charge is 0.244 e. The van der Waals surface area contributed by atoms with E-state index in [4.69, 9.17) is 0 Å². The molecule has 1 aliphatic rings. The van der Waals surface area contributed by atoms with Gasteiger partial charge in [-0.05, 0) is 32.0 Å². The summed E-state index contributed by atoms with van der Waals surface area (Å²) in [6.07, 6.45) is 0. The third-order valence-electron chi connectivity index (χ3n) is 3.45. The molecule has 2 rings (SSSR count). The lowest BCUT2D eigenvalue weighted by Gasteiger charge is -2.38. The summed E-state index contributed by atoms with van der Waals surface area (Å²) < 4.78 is 0. The predicted octanol–water partition coefficient (Wildman–Crippen LogP) is 0.828.